The second-order valence-corrected chi connectivity index (χ2v) is 8.27. The van der Waals surface area contributed by atoms with Crippen LogP contribution in [0.15, 0.2) is 18.2 Å². The fourth-order valence-corrected chi connectivity index (χ4v) is 3.52. The smallest absolute Gasteiger partial charge is 0.312 e. The number of nitrogens with zero attached hydrogens (tertiary/aromatic N) is 2. The van der Waals surface area contributed by atoms with E-state index >= 15 is 0 Å². The van der Waals surface area contributed by atoms with E-state index in [1.807, 2.05) is 0 Å². The Bertz CT molecular complexity index is 568. The van der Waals surface area contributed by atoms with E-state index in [2.05, 4.69) is 69.5 Å². The van der Waals surface area contributed by atoms with Crippen LogP contribution in [-0.4, -0.2) is 54.5 Å². The average molecular weight is 397 g/mol. The molecule has 0 bridgehead atoms. The van der Waals surface area contributed by atoms with Gasteiger partial charge in [0.25, 0.3) is 0 Å². The molecule has 0 aromatic heterocycles. The minimum absolute atomic E-state index is 0. The van der Waals surface area contributed by atoms with Gasteiger partial charge in [-0.25, -0.2) is 0 Å². The van der Waals surface area contributed by atoms with Crippen LogP contribution in [0.4, 0.5) is 0 Å². The molecular formula is C22H37ClN2O2. The highest BCUT2D eigenvalue weighted by atomic mass is 35.5. The second kappa shape index (κ2) is 11.0. The summed E-state index contributed by atoms with van der Waals surface area (Å²) in [6.45, 7) is 18.1. The van der Waals surface area contributed by atoms with E-state index in [0.29, 0.717) is 24.3 Å². The molecule has 0 saturated carbocycles. The van der Waals surface area contributed by atoms with Crippen molar-refractivity contribution >= 4 is 18.4 Å². The molecule has 4 nitrogen and oxygen atoms in total. The first kappa shape index (κ1) is 23.9. The summed E-state index contributed by atoms with van der Waals surface area (Å²) in [7, 11) is 0. The first-order valence-electron chi connectivity index (χ1n) is 10.1. The largest absolute Gasteiger partial charge is 0.426 e. The van der Waals surface area contributed by atoms with Crippen LogP contribution in [0.1, 0.15) is 70.9 Å². The summed E-state index contributed by atoms with van der Waals surface area (Å²) in [5.74, 6) is 1.33. The Hall–Kier alpha value is -1.10. The second-order valence-electron chi connectivity index (χ2n) is 8.27. The summed E-state index contributed by atoms with van der Waals surface area (Å²) >= 11 is 0. The number of carbonyl (C=O) groups excluding carboxylic acids is 1. The minimum atomic E-state index is -0.119. The predicted octanol–water partition coefficient (Wildman–Crippen LogP) is 4.68. The Morgan fingerprint density at radius 3 is 1.93 bits per heavy atom. The van der Waals surface area contributed by atoms with E-state index in [0.717, 1.165) is 49.6 Å². The van der Waals surface area contributed by atoms with Crippen molar-refractivity contribution in [2.45, 2.75) is 65.8 Å². The van der Waals surface area contributed by atoms with Gasteiger partial charge < -0.3 is 9.64 Å². The van der Waals surface area contributed by atoms with Crippen LogP contribution in [0.3, 0.4) is 0 Å². The predicted molar refractivity (Wildman–Crippen MR) is 115 cm³/mol. The molecule has 27 heavy (non-hydrogen) atoms. The Morgan fingerprint density at radius 1 is 0.963 bits per heavy atom. The van der Waals surface area contributed by atoms with Crippen molar-refractivity contribution in [3.63, 3.8) is 0 Å². The zero-order valence-corrected chi connectivity index (χ0v) is 18.6. The molecule has 2 rings (SSSR count). The molecule has 0 N–H and O–H groups in total. The summed E-state index contributed by atoms with van der Waals surface area (Å²) in [6, 6.07) is 6.81. The number of ether oxygens (including phenoxy) is 1. The van der Waals surface area contributed by atoms with Gasteiger partial charge in [-0.3, -0.25) is 9.69 Å². The van der Waals surface area contributed by atoms with Crippen molar-refractivity contribution in [2.75, 3.05) is 32.7 Å². The number of piperazine rings is 1. The topological polar surface area (TPSA) is 32.8 Å². The van der Waals surface area contributed by atoms with E-state index in [1.54, 1.807) is 0 Å². The molecule has 0 amide bonds. The molecule has 1 saturated heterocycles. The van der Waals surface area contributed by atoms with Gasteiger partial charge in [0.1, 0.15) is 5.75 Å². The number of rotatable bonds is 7. The quantitative estimate of drug-likeness (QED) is 0.495. The fraction of sp³-hybridized carbons (Fsp3) is 0.682. The highest BCUT2D eigenvalue weighted by Crippen LogP contribution is 2.34. The number of hydrogen-bond acceptors (Lipinski definition) is 4. The lowest BCUT2D eigenvalue weighted by atomic mass is 9.94. The summed E-state index contributed by atoms with van der Waals surface area (Å²) in [6.07, 6.45) is 0.450. The Labute approximate surface area is 171 Å². The maximum absolute atomic E-state index is 12.5. The Balaban J connectivity index is 0.00000364. The third-order valence-corrected chi connectivity index (χ3v) is 5.31. The number of esters is 1. The van der Waals surface area contributed by atoms with Crippen LogP contribution in [0.5, 0.6) is 5.75 Å². The lowest BCUT2D eigenvalue weighted by Gasteiger charge is -2.36. The monoisotopic (exact) mass is 396 g/mol. The van der Waals surface area contributed by atoms with Gasteiger partial charge in [0.15, 0.2) is 0 Å². The van der Waals surface area contributed by atoms with Gasteiger partial charge in [-0.15, -0.1) is 12.4 Å². The van der Waals surface area contributed by atoms with Crippen molar-refractivity contribution in [3.05, 3.63) is 29.3 Å². The molecule has 1 aliphatic heterocycles. The first-order chi connectivity index (χ1) is 12.3. The molecule has 1 aromatic rings. The third kappa shape index (κ3) is 6.78. The first-order valence-corrected chi connectivity index (χ1v) is 10.1. The van der Waals surface area contributed by atoms with Crippen LogP contribution in [0, 0.1) is 0 Å². The number of carbonyl (C=O) groups is 1. The number of benzene rings is 1. The Kier molecular flexibility index (Phi) is 9.78. The normalized spacial score (nSPS) is 16.0. The van der Waals surface area contributed by atoms with E-state index < -0.39 is 0 Å². The van der Waals surface area contributed by atoms with Gasteiger partial charge in [0, 0.05) is 38.8 Å². The molecule has 1 heterocycles. The highest BCUT2D eigenvalue weighted by molar-refractivity contribution is 5.85. The molecule has 0 atom stereocenters. The molecule has 0 radical (unpaired) electrons. The molecule has 1 aromatic carbocycles. The Morgan fingerprint density at radius 2 is 1.48 bits per heavy atom. The zero-order valence-electron chi connectivity index (χ0n) is 17.8. The molecule has 5 heteroatoms. The molecule has 1 aliphatic rings. The molecule has 0 unspecified atom stereocenters. The van der Waals surface area contributed by atoms with E-state index in [9.17, 15) is 4.79 Å². The molecule has 0 spiro atoms. The number of halogens is 1. The summed E-state index contributed by atoms with van der Waals surface area (Å²) < 4.78 is 5.87. The standard InChI is InChI=1S/C22H36N2O2.ClH/c1-16(2)19-8-7-9-20(17(3)4)22(19)26-21(25)10-11-23-12-14-24(15-13-23)18(5)6;/h7-9,16-18H,10-15H2,1-6H3;1H. The lowest BCUT2D eigenvalue weighted by Crippen LogP contribution is -2.49. The molecular weight excluding hydrogens is 360 g/mol. The van der Waals surface area contributed by atoms with Gasteiger partial charge in [0.05, 0.1) is 6.42 Å². The fourth-order valence-electron chi connectivity index (χ4n) is 3.52. The van der Waals surface area contributed by atoms with Gasteiger partial charge in [0.2, 0.25) is 0 Å². The summed E-state index contributed by atoms with van der Waals surface area (Å²) in [5.41, 5.74) is 2.24. The number of para-hydroxylation sites is 1. The lowest BCUT2D eigenvalue weighted by molar-refractivity contribution is -0.135. The van der Waals surface area contributed by atoms with Gasteiger partial charge >= 0.3 is 5.97 Å². The van der Waals surface area contributed by atoms with Crippen LogP contribution in [0.25, 0.3) is 0 Å². The van der Waals surface area contributed by atoms with E-state index in [4.69, 9.17) is 4.74 Å². The summed E-state index contributed by atoms with van der Waals surface area (Å²) in [4.78, 5) is 17.4. The summed E-state index contributed by atoms with van der Waals surface area (Å²) in [5, 5.41) is 0. The van der Waals surface area contributed by atoms with Gasteiger partial charge in [-0.05, 0) is 36.8 Å². The SMILES string of the molecule is CC(C)c1cccc(C(C)C)c1OC(=O)CCN1CCN(C(C)C)CC1.Cl. The van der Waals surface area contributed by atoms with Crippen LogP contribution in [0.2, 0.25) is 0 Å². The van der Waals surface area contributed by atoms with Gasteiger partial charge in [-0.2, -0.15) is 0 Å². The van der Waals surface area contributed by atoms with Crippen LogP contribution in [-0.2, 0) is 4.79 Å². The zero-order chi connectivity index (χ0) is 19.3. The average Bonchev–Trinajstić information content (AvgIpc) is 2.60. The van der Waals surface area contributed by atoms with Crippen molar-refractivity contribution in [3.8, 4) is 5.75 Å². The third-order valence-electron chi connectivity index (χ3n) is 5.31. The van der Waals surface area contributed by atoms with Crippen molar-refractivity contribution in [1.29, 1.82) is 0 Å². The maximum atomic E-state index is 12.5. The van der Waals surface area contributed by atoms with Crippen molar-refractivity contribution in [1.82, 2.24) is 9.80 Å². The molecule has 0 aliphatic carbocycles. The minimum Gasteiger partial charge on any atom is -0.426 e. The van der Waals surface area contributed by atoms with Crippen molar-refractivity contribution < 1.29 is 9.53 Å². The van der Waals surface area contributed by atoms with E-state index in [-0.39, 0.29) is 18.4 Å². The van der Waals surface area contributed by atoms with Crippen molar-refractivity contribution in [2.24, 2.45) is 0 Å². The van der Waals surface area contributed by atoms with Gasteiger partial charge in [-0.1, -0.05) is 45.9 Å². The van der Waals surface area contributed by atoms with E-state index in [1.165, 1.54) is 0 Å². The van der Waals surface area contributed by atoms with Crippen LogP contribution >= 0.6 is 12.4 Å². The molecule has 154 valence electrons. The molecule has 1 fully saturated rings. The number of hydrogen-bond donors (Lipinski definition) is 0. The highest BCUT2D eigenvalue weighted by Gasteiger charge is 2.21. The maximum Gasteiger partial charge on any atom is 0.312 e. The van der Waals surface area contributed by atoms with Crippen LogP contribution < -0.4 is 4.74 Å².